The summed E-state index contributed by atoms with van der Waals surface area (Å²) in [5, 5.41) is 0.364. The van der Waals surface area contributed by atoms with Gasteiger partial charge in [0.25, 0.3) is 0 Å². The van der Waals surface area contributed by atoms with Gasteiger partial charge < -0.3 is 15.2 Å². The first-order chi connectivity index (χ1) is 7.93. The topological polar surface area (TPSA) is 61.5 Å². The van der Waals surface area contributed by atoms with E-state index < -0.39 is 5.79 Å². The minimum Gasteiger partial charge on any atom is -0.449 e. The highest BCUT2D eigenvalue weighted by Gasteiger charge is 2.33. The predicted molar refractivity (Wildman–Crippen MR) is 64.8 cm³/mol. The van der Waals surface area contributed by atoms with E-state index in [9.17, 15) is 4.79 Å². The van der Waals surface area contributed by atoms with E-state index in [-0.39, 0.29) is 12.2 Å². The summed E-state index contributed by atoms with van der Waals surface area (Å²) in [6, 6.07) is 3.22. The molecule has 0 aromatic heterocycles. The summed E-state index contributed by atoms with van der Waals surface area (Å²) in [5.41, 5.74) is 5.78. The summed E-state index contributed by atoms with van der Waals surface area (Å²) in [5.74, 6) is 0.291. The number of benzene rings is 1. The standard InChI is InChI=1S/C12H14ClNO3/c1-12(2)16-10-5-7(9(15)3-4-14)8(13)6-11(10)17-12/h5-6H,3-4,14H2,1-2H3. The molecule has 0 spiro atoms. The Morgan fingerprint density at radius 3 is 2.53 bits per heavy atom. The van der Waals surface area contributed by atoms with Crippen LogP contribution in [0.25, 0.3) is 0 Å². The molecule has 0 saturated heterocycles. The van der Waals surface area contributed by atoms with Crippen molar-refractivity contribution < 1.29 is 14.3 Å². The smallest absolute Gasteiger partial charge is 0.246 e. The first-order valence-electron chi connectivity index (χ1n) is 5.38. The van der Waals surface area contributed by atoms with Crippen molar-refractivity contribution in [3.8, 4) is 11.5 Å². The zero-order chi connectivity index (χ0) is 12.6. The van der Waals surface area contributed by atoms with Gasteiger partial charge in [0.2, 0.25) is 5.79 Å². The van der Waals surface area contributed by atoms with E-state index in [1.54, 1.807) is 26.0 Å². The first kappa shape index (κ1) is 12.2. The number of Topliss-reactive ketones (excluding diaryl/α,β-unsaturated/α-hetero) is 1. The van der Waals surface area contributed by atoms with E-state index in [1.807, 2.05) is 0 Å². The number of rotatable bonds is 3. The number of ether oxygens (including phenoxy) is 2. The summed E-state index contributed by atoms with van der Waals surface area (Å²) in [6.45, 7) is 3.89. The highest BCUT2D eigenvalue weighted by atomic mass is 35.5. The largest absolute Gasteiger partial charge is 0.449 e. The van der Waals surface area contributed by atoms with Crippen LogP contribution in [0.2, 0.25) is 5.02 Å². The van der Waals surface area contributed by atoms with Gasteiger partial charge in [-0.3, -0.25) is 4.79 Å². The second-order valence-electron chi connectivity index (χ2n) is 4.34. The van der Waals surface area contributed by atoms with E-state index in [4.69, 9.17) is 26.8 Å². The molecule has 1 heterocycles. The Morgan fingerprint density at radius 2 is 1.94 bits per heavy atom. The van der Waals surface area contributed by atoms with Gasteiger partial charge in [-0.25, -0.2) is 0 Å². The maximum absolute atomic E-state index is 11.8. The highest BCUT2D eigenvalue weighted by Crippen LogP contribution is 2.42. The Bertz CT molecular complexity index is 471. The first-order valence-corrected chi connectivity index (χ1v) is 5.75. The average Bonchev–Trinajstić information content (AvgIpc) is 2.50. The van der Waals surface area contributed by atoms with Crippen LogP contribution in [-0.4, -0.2) is 18.1 Å². The fourth-order valence-corrected chi connectivity index (χ4v) is 1.98. The maximum Gasteiger partial charge on any atom is 0.246 e. The summed E-state index contributed by atoms with van der Waals surface area (Å²) >= 11 is 6.03. The van der Waals surface area contributed by atoms with Gasteiger partial charge in [0.15, 0.2) is 17.3 Å². The maximum atomic E-state index is 11.8. The summed E-state index contributed by atoms with van der Waals surface area (Å²) < 4.78 is 11.1. The molecule has 0 amide bonds. The monoisotopic (exact) mass is 255 g/mol. The molecule has 2 N–H and O–H groups in total. The van der Waals surface area contributed by atoms with Crippen LogP contribution < -0.4 is 15.2 Å². The zero-order valence-corrected chi connectivity index (χ0v) is 10.5. The van der Waals surface area contributed by atoms with Crippen molar-refractivity contribution in [2.75, 3.05) is 6.54 Å². The lowest BCUT2D eigenvalue weighted by Crippen LogP contribution is -2.29. The molecule has 0 fully saturated rings. The number of hydrogen-bond acceptors (Lipinski definition) is 4. The van der Waals surface area contributed by atoms with E-state index in [1.165, 1.54) is 0 Å². The Kier molecular flexibility index (Phi) is 3.02. The van der Waals surface area contributed by atoms with E-state index in [2.05, 4.69) is 0 Å². The lowest BCUT2D eigenvalue weighted by atomic mass is 10.1. The van der Waals surface area contributed by atoms with Crippen LogP contribution in [0, 0.1) is 0 Å². The SMILES string of the molecule is CC1(C)Oc2cc(Cl)c(C(=O)CCN)cc2O1. The second-order valence-corrected chi connectivity index (χ2v) is 4.75. The number of ketones is 1. The molecule has 1 aromatic rings. The molecule has 17 heavy (non-hydrogen) atoms. The number of fused-ring (bicyclic) bond motifs is 1. The number of carbonyl (C=O) groups excluding carboxylic acids is 1. The highest BCUT2D eigenvalue weighted by molar-refractivity contribution is 6.34. The quantitative estimate of drug-likeness (QED) is 0.843. The molecule has 0 atom stereocenters. The minimum absolute atomic E-state index is 0.0893. The molecule has 0 aliphatic carbocycles. The van der Waals surface area contributed by atoms with Crippen LogP contribution in [0.15, 0.2) is 12.1 Å². The van der Waals surface area contributed by atoms with Crippen LogP contribution in [0.4, 0.5) is 0 Å². The Balaban J connectivity index is 2.37. The van der Waals surface area contributed by atoms with Crippen molar-refractivity contribution in [2.45, 2.75) is 26.1 Å². The molecule has 0 unspecified atom stereocenters. The molecule has 5 heteroatoms. The third-order valence-corrected chi connectivity index (χ3v) is 2.73. The zero-order valence-electron chi connectivity index (χ0n) is 9.75. The lowest BCUT2D eigenvalue weighted by Gasteiger charge is -2.16. The van der Waals surface area contributed by atoms with Gasteiger partial charge in [-0.15, -0.1) is 0 Å². The molecule has 1 aliphatic rings. The van der Waals surface area contributed by atoms with Gasteiger partial charge >= 0.3 is 0 Å². The van der Waals surface area contributed by atoms with Crippen LogP contribution >= 0.6 is 11.6 Å². The number of nitrogens with two attached hydrogens (primary N) is 1. The van der Waals surface area contributed by atoms with Gasteiger partial charge in [-0.1, -0.05) is 11.6 Å². The molecule has 0 saturated carbocycles. The summed E-state index contributed by atoms with van der Waals surface area (Å²) in [7, 11) is 0. The van der Waals surface area contributed by atoms with Crippen molar-refractivity contribution in [1.29, 1.82) is 0 Å². The molecule has 2 rings (SSSR count). The predicted octanol–water partition coefficient (Wildman–Crippen LogP) is 2.38. The van der Waals surface area contributed by atoms with E-state index >= 15 is 0 Å². The van der Waals surface area contributed by atoms with Crippen molar-refractivity contribution >= 4 is 17.4 Å². The van der Waals surface area contributed by atoms with Crippen molar-refractivity contribution in [1.82, 2.24) is 0 Å². The average molecular weight is 256 g/mol. The third kappa shape index (κ3) is 2.37. The fraction of sp³-hybridized carbons (Fsp3) is 0.417. The molecular formula is C12H14ClNO3. The number of halogens is 1. The van der Waals surface area contributed by atoms with Crippen molar-refractivity contribution in [3.63, 3.8) is 0 Å². The van der Waals surface area contributed by atoms with Gasteiger partial charge in [0.1, 0.15) is 0 Å². The van der Waals surface area contributed by atoms with Gasteiger partial charge in [0, 0.05) is 31.9 Å². The Labute approximate surface area is 105 Å². The van der Waals surface area contributed by atoms with Crippen LogP contribution in [0.3, 0.4) is 0 Å². The van der Waals surface area contributed by atoms with E-state index in [0.29, 0.717) is 28.6 Å². The molecule has 4 nitrogen and oxygen atoms in total. The molecular weight excluding hydrogens is 242 g/mol. The normalized spacial score (nSPS) is 16.0. The van der Waals surface area contributed by atoms with Crippen LogP contribution in [0.1, 0.15) is 30.6 Å². The third-order valence-electron chi connectivity index (χ3n) is 2.42. The second kappa shape index (κ2) is 4.20. The van der Waals surface area contributed by atoms with Crippen LogP contribution in [0.5, 0.6) is 11.5 Å². The molecule has 0 radical (unpaired) electrons. The lowest BCUT2D eigenvalue weighted by molar-refractivity contribution is -0.0431. The number of carbonyl (C=O) groups is 1. The van der Waals surface area contributed by atoms with Crippen molar-refractivity contribution in [3.05, 3.63) is 22.7 Å². The summed E-state index contributed by atoms with van der Waals surface area (Å²) in [4.78, 5) is 11.8. The Morgan fingerprint density at radius 1 is 1.35 bits per heavy atom. The van der Waals surface area contributed by atoms with Gasteiger partial charge in [-0.2, -0.15) is 0 Å². The molecule has 1 aliphatic heterocycles. The van der Waals surface area contributed by atoms with Crippen molar-refractivity contribution in [2.24, 2.45) is 5.73 Å². The van der Waals surface area contributed by atoms with Gasteiger partial charge in [-0.05, 0) is 12.6 Å². The number of hydrogen-bond donors (Lipinski definition) is 1. The molecule has 1 aromatic carbocycles. The Hall–Kier alpha value is -1.26. The molecule has 92 valence electrons. The fourth-order valence-electron chi connectivity index (χ4n) is 1.72. The molecule has 0 bridgehead atoms. The summed E-state index contributed by atoms with van der Waals surface area (Å²) in [6.07, 6.45) is 0.267. The minimum atomic E-state index is -0.721. The van der Waals surface area contributed by atoms with Crippen LogP contribution in [-0.2, 0) is 0 Å². The van der Waals surface area contributed by atoms with Gasteiger partial charge in [0.05, 0.1) is 5.02 Å². The van der Waals surface area contributed by atoms with E-state index in [0.717, 1.165) is 0 Å².